The van der Waals surface area contributed by atoms with Crippen molar-refractivity contribution in [2.75, 3.05) is 46.4 Å². The van der Waals surface area contributed by atoms with Crippen LogP contribution in [0.4, 0.5) is 0 Å². The second-order valence-corrected chi connectivity index (χ2v) is 5.11. The van der Waals surface area contributed by atoms with Gasteiger partial charge in [0.1, 0.15) is 0 Å². The maximum Gasteiger partial charge on any atom is 0.0467 e. The van der Waals surface area contributed by atoms with Gasteiger partial charge in [-0.3, -0.25) is 0 Å². The Morgan fingerprint density at radius 3 is 2.31 bits per heavy atom. The van der Waals surface area contributed by atoms with Gasteiger partial charge in [0.15, 0.2) is 0 Å². The lowest BCUT2D eigenvalue weighted by Crippen LogP contribution is -2.36. The molecule has 0 spiro atoms. The zero-order valence-electron chi connectivity index (χ0n) is 11.8. The first-order valence-electron chi connectivity index (χ1n) is 6.47. The zero-order chi connectivity index (χ0) is 12.4. The average Bonchev–Trinajstić information content (AvgIpc) is 2.27. The van der Waals surface area contributed by atoms with E-state index in [9.17, 15) is 0 Å². The standard InChI is InChI=1S/C13H30N2O/c1-6-15(7-2)10-9-14-12-13(3,4)8-11-16-5/h14H,6-12H2,1-5H3. The van der Waals surface area contributed by atoms with E-state index in [0.29, 0.717) is 5.41 Å². The Kier molecular flexibility index (Phi) is 8.90. The van der Waals surface area contributed by atoms with E-state index in [1.807, 2.05) is 0 Å². The molecular formula is C13H30N2O. The van der Waals surface area contributed by atoms with E-state index in [1.165, 1.54) is 0 Å². The van der Waals surface area contributed by atoms with E-state index < -0.39 is 0 Å². The highest BCUT2D eigenvalue weighted by Gasteiger charge is 2.16. The summed E-state index contributed by atoms with van der Waals surface area (Å²) in [5.41, 5.74) is 0.333. The van der Waals surface area contributed by atoms with Gasteiger partial charge in [-0.15, -0.1) is 0 Å². The molecule has 0 radical (unpaired) electrons. The quantitative estimate of drug-likeness (QED) is 0.581. The van der Waals surface area contributed by atoms with Crippen molar-refractivity contribution in [3.05, 3.63) is 0 Å². The van der Waals surface area contributed by atoms with Crippen LogP contribution < -0.4 is 5.32 Å². The molecule has 3 heteroatoms. The molecule has 16 heavy (non-hydrogen) atoms. The summed E-state index contributed by atoms with van der Waals surface area (Å²) in [5.74, 6) is 0. The Labute approximate surface area is 102 Å². The highest BCUT2D eigenvalue weighted by Crippen LogP contribution is 2.18. The summed E-state index contributed by atoms with van der Waals surface area (Å²) in [6.45, 7) is 15.4. The zero-order valence-corrected chi connectivity index (χ0v) is 11.8. The Balaban J connectivity index is 3.56. The SMILES string of the molecule is CCN(CC)CCNCC(C)(C)CCOC. The van der Waals surface area contributed by atoms with E-state index >= 15 is 0 Å². The van der Waals surface area contributed by atoms with Crippen molar-refractivity contribution in [1.82, 2.24) is 10.2 Å². The van der Waals surface area contributed by atoms with Gasteiger partial charge in [0, 0.05) is 33.4 Å². The lowest BCUT2D eigenvalue weighted by molar-refractivity contribution is 0.150. The minimum atomic E-state index is 0.333. The molecule has 1 N–H and O–H groups in total. The van der Waals surface area contributed by atoms with Gasteiger partial charge in [-0.25, -0.2) is 0 Å². The highest BCUT2D eigenvalue weighted by atomic mass is 16.5. The van der Waals surface area contributed by atoms with Crippen LogP contribution in [0.1, 0.15) is 34.1 Å². The Morgan fingerprint density at radius 1 is 1.19 bits per heavy atom. The van der Waals surface area contributed by atoms with Crippen molar-refractivity contribution in [2.45, 2.75) is 34.1 Å². The van der Waals surface area contributed by atoms with Crippen molar-refractivity contribution in [1.29, 1.82) is 0 Å². The lowest BCUT2D eigenvalue weighted by Gasteiger charge is -2.26. The van der Waals surface area contributed by atoms with Crippen LogP contribution in [-0.4, -0.2) is 51.3 Å². The van der Waals surface area contributed by atoms with Gasteiger partial charge in [-0.1, -0.05) is 27.7 Å². The summed E-state index contributed by atoms with van der Waals surface area (Å²) in [7, 11) is 1.77. The maximum absolute atomic E-state index is 5.12. The summed E-state index contributed by atoms with van der Waals surface area (Å²) < 4.78 is 5.12. The average molecular weight is 230 g/mol. The number of nitrogens with one attached hydrogen (secondary N) is 1. The van der Waals surface area contributed by atoms with Crippen molar-refractivity contribution >= 4 is 0 Å². The minimum Gasteiger partial charge on any atom is -0.385 e. The molecule has 0 atom stereocenters. The van der Waals surface area contributed by atoms with Gasteiger partial charge in [0.05, 0.1) is 0 Å². The van der Waals surface area contributed by atoms with Crippen LogP contribution in [0.15, 0.2) is 0 Å². The Bertz CT molecular complexity index is 156. The van der Waals surface area contributed by atoms with Crippen LogP contribution in [0, 0.1) is 5.41 Å². The van der Waals surface area contributed by atoms with E-state index in [0.717, 1.165) is 45.8 Å². The number of likely N-dealkylation sites (N-methyl/N-ethyl adjacent to an activating group) is 1. The molecule has 0 bridgehead atoms. The van der Waals surface area contributed by atoms with Crippen LogP contribution in [-0.2, 0) is 4.74 Å². The second kappa shape index (κ2) is 8.97. The molecule has 3 nitrogen and oxygen atoms in total. The van der Waals surface area contributed by atoms with E-state index in [1.54, 1.807) is 7.11 Å². The smallest absolute Gasteiger partial charge is 0.0467 e. The predicted molar refractivity (Wildman–Crippen MR) is 70.9 cm³/mol. The molecule has 0 aromatic heterocycles. The first-order valence-corrected chi connectivity index (χ1v) is 6.47. The van der Waals surface area contributed by atoms with Gasteiger partial charge < -0.3 is 15.0 Å². The molecule has 0 aromatic carbocycles. The summed E-state index contributed by atoms with van der Waals surface area (Å²) >= 11 is 0. The molecule has 0 aromatic rings. The molecule has 0 heterocycles. The highest BCUT2D eigenvalue weighted by molar-refractivity contribution is 4.71. The number of ether oxygens (including phenoxy) is 1. The molecule has 0 saturated carbocycles. The van der Waals surface area contributed by atoms with Crippen LogP contribution in [0.3, 0.4) is 0 Å². The van der Waals surface area contributed by atoms with Crippen LogP contribution >= 0.6 is 0 Å². The van der Waals surface area contributed by atoms with Gasteiger partial charge in [-0.05, 0) is 24.9 Å². The normalized spacial score (nSPS) is 12.4. The monoisotopic (exact) mass is 230 g/mol. The second-order valence-electron chi connectivity index (χ2n) is 5.11. The molecule has 0 amide bonds. The van der Waals surface area contributed by atoms with Crippen molar-refractivity contribution in [3.63, 3.8) is 0 Å². The molecule has 0 unspecified atom stereocenters. The third-order valence-electron chi connectivity index (χ3n) is 3.09. The Morgan fingerprint density at radius 2 is 1.81 bits per heavy atom. The maximum atomic E-state index is 5.12. The van der Waals surface area contributed by atoms with Crippen LogP contribution in [0.5, 0.6) is 0 Å². The molecular weight excluding hydrogens is 200 g/mol. The number of rotatable bonds is 10. The van der Waals surface area contributed by atoms with Crippen LogP contribution in [0.2, 0.25) is 0 Å². The van der Waals surface area contributed by atoms with Gasteiger partial charge in [-0.2, -0.15) is 0 Å². The third-order valence-corrected chi connectivity index (χ3v) is 3.09. The summed E-state index contributed by atoms with van der Waals surface area (Å²) in [6, 6.07) is 0. The predicted octanol–water partition coefficient (Wildman–Crippen LogP) is 1.98. The Hall–Kier alpha value is -0.120. The molecule has 0 aliphatic rings. The molecule has 0 fully saturated rings. The minimum absolute atomic E-state index is 0.333. The van der Waals surface area contributed by atoms with Gasteiger partial charge in [0.25, 0.3) is 0 Å². The van der Waals surface area contributed by atoms with E-state index in [2.05, 4.69) is 37.9 Å². The van der Waals surface area contributed by atoms with Crippen LogP contribution in [0.25, 0.3) is 0 Å². The summed E-state index contributed by atoms with van der Waals surface area (Å²) in [5, 5.41) is 3.54. The molecule has 0 aliphatic carbocycles. The number of methoxy groups -OCH3 is 1. The van der Waals surface area contributed by atoms with Crippen molar-refractivity contribution < 1.29 is 4.74 Å². The number of hydrogen-bond donors (Lipinski definition) is 1. The van der Waals surface area contributed by atoms with Gasteiger partial charge in [0.2, 0.25) is 0 Å². The van der Waals surface area contributed by atoms with E-state index in [-0.39, 0.29) is 0 Å². The molecule has 0 rings (SSSR count). The van der Waals surface area contributed by atoms with E-state index in [4.69, 9.17) is 4.74 Å². The fourth-order valence-corrected chi connectivity index (χ4v) is 1.67. The van der Waals surface area contributed by atoms with Gasteiger partial charge >= 0.3 is 0 Å². The largest absolute Gasteiger partial charge is 0.385 e. The number of nitrogens with zero attached hydrogens (tertiary/aromatic N) is 1. The molecule has 0 saturated heterocycles. The first-order chi connectivity index (χ1) is 7.55. The number of hydrogen-bond acceptors (Lipinski definition) is 3. The molecule has 0 aliphatic heterocycles. The fourth-order valence-electron chi connectivity index (χ4n) is 1.67. The molecule has 98 valence electrons. The fraction of sp³-hybridized carbons (Fsp3) is 1.00. The topological polar surface area (TPSA) is 24.5 Å². The van der Waals surface area contributed by atoms with Crippen molar-refractivity contribution in [3.8, 4) is 0 Å². The third kappa shape index (κ3) is 8.08. The lowest BCUT2D eigenvalue weighted by atomic mass is 9.90. The first kappa shape index (κ1) is 15.9. The van der Waals surface area contributed by atoms with Crippen molar-refractivity contribution in [2.24, 2.45) is 5.41 Å². The summed E-state index contributed by atoms with van der Waals surface area (Å²) in [4.78, 5) is 2.44. The summed E-state index contributed by atoms with van der Waals surface area (Å²) in [6.07, 6.45) is 1.11.